The lowest BCUT2D eigenvalue weighted by Gasteiger charge is -2.17. The molecule has 4 nitrogen and oxygen atoms in total. The number of aryl methyl sites for hydroxylation is 2. The van der Waals surface area contributed by atoms with Crippen LogP contribution in [0.1, 0.15) is 31.4 Å². The summed E-state index contributed by atoms with van der Waals surface area (Å²) in [7, 11) is 1.73. The highest BCUT2D eigenvalue weighted by atomic mass is 16.5. The number of rotatable bonds is 4. The highest BCUT2D eigenvalue weighted by Crippen LogP contribution is 2.18. The molecule has 0 saturated carbocycles. The standard InChI is InChI=1S/C11H19N3O/c1-9-5-6-14-11(8-9)12-10(13-14)4-3-7-15-2/h9H,3-8H2,1-2H3. The van der Waals surface area contributed by atoms with Gasteiger partial charge in [0.1, 0.15) is 5.82 Å². The number of aromatic nitrogens is 3. The van der Waals surface area contributed by atoms with Crippen LogP contribution in [0.3, 0.4) is 0 Å². The van der Waals surface area contributed by atoms with Crippen molar-refractivity contribution in [3.8, 4) is 0 Å². The van der Waals surface area contributed by atoms with Crippen LogP contribution < -0.4 is 0 Å². The average molecular weight is 209 g/mol. The van der Waals surface area contributed by atoms with Gasteiger partial charge in [-0.15, -0.1) is 0 Å². The van der Waals surface area contributed by atoms with Crippen LogP contribution in [-0.4, -0.2) is 28.5 Å². The Hall–Kier alpha value is -0.900. The molecule has 0 saturated heterocycles. The molecule has 0 radical (unpaired) electrons. The van der Waals surface area contributed by atoms with Gasteiger partial charge in [0.05, 0.1) is 0 Å². The van der Waals surface area contributed by atoms with Crippen molar-refractivity contribution in [1.29, 1.82) is 0 Å². The molecule has 1 aliphatic heterocycles. The van der Waals surface area contributed by atoms with Crippen LogP contribution >= 0.6 is 0 Å². The van der Waals surface area contributed by atoms with Crippen LogP contribution in [0.25, 0.3) is 0 Å². The predicted molar refractivity (Wildman–Crippen MR) is 57.7 cm³/mol. The van der Waals surface area contributed by atoms with Crippen molar-refractivity contribution < 1.29 is 4.74 Å². The fourth-order valence-corrected chi connectivity index (χ4v) is 1.99. The van der Waals surface area contributed by atoms with Crippen molar-refractivity contribution in [2.24, 2.45) is 5.92 Å². The van der Waals surface area contributed by atoms with Crippen LogP contribution in [0.5, 0.6) is 0 Å². The van der Waals surface area contributed by atoms with Gasteiger partial charge in [-0.3, -0.25) is 0 Å². The van der Waals surface area contributed by atoms with E-state index in [-0.39, 0.29) is 0 Å². The smallest absolute Gasteiger partial charge is 0.151 e. The number of nitrogens with zero attached hydrogens (tertiary/aromatic N) is 3. The highest BCUT2D eigenvalue weighted by molar-refractivity contribution is 4.97. The first-order valence-corrected chi connectivity index (χ1v) is 5.71. The number of fused-ring (bicyclic) bond motifs is 1. The lowest BCUT2D eigenvalue weighted by Crippen LogP contribution is -2.18. The second-order valence-corrected chi connectivity index (χ2v) is 4.36. The fourth-order valence-electron chi connectivity index (χ4n) is 1.99. The number of methoxy groups -OCH3 is 1. The molecular formula is C11H19N3O. The van der Waals surface area contributed by atoms with Crippen LogP contribution in [0.2, 0.25) is 0 Å². The third-order valence-corrected chi connectivity index (χ3v) is 2.91. The predicted octanol–water partition coefficient (Wildman–Crippen LogP) is 1.44. The minimum Gasteiger partial charge on any atom is -0.385 e. The summed E-state index contributed by atoms with van der Waals surface area (Å²) in [6.45, 7) is 4.11. The van der Waals surface area contributed by atoms with Crippen LogP contribution in [0.4, 0.5) is 0 Å². The summed E-state index contributed by atoms with van der Waals surface area (Å²) in [4.78, 5) is 4.57. The number of ether oxygens (including phenoxy) is 1. The Bertz CT molecular complexity index is 322. The van der Waals surface area contributed by atoms with Gasteiger partial charge in [-0.2, -0.15) is 5.10 Å². The molecule has 1 aromatic rings. The van der Waals surface area contributed by atoms with Gasteiger partial charge in [-0.1, -0.05) is 6.92 Å². The summed E-state index contributed by atoms with van der Waals surface area (Å²) < 4.78 is 7.09. The summed E-state index contributed by atoms with van der Waals surface area (Å²) >= 11 is 0. The molecule has 0 bridgehead atoms. The van der Waals surface area contributed by atoms with Gasteiger partial charge in [0.2, 0.25) is 0 Å². The maximum Gasteiger partial charge on any atom is 0.151 e. The van der Waals surface area contributed by atoms with E-state index in [4.69, 9.17) is 4.74 Å². The molecule has 0 N–H and O–H groups in total. The van der Waals surface area contributed by atoms with Crippen LogP contribution in [0.15, 0.2) is 0 Å². The summed E-state index contributed by atoms with van der Waals surface area (Å²) in [5, 5.41) is 4.51. The summed E-state index contributed by atoms with van der Waals surface area (Å²) in [6.07, 6.45) is 4.25. The molecule has 1 atom stereocenters. The van der Waals surface area contributed by atoms with E-state index in [1.807, 2.05) is 0 Å². The van der Waals surface area contributed by atoms with E-state index >= 15 is 0 Å². The van der Waals surface area contributed by atoms with Gasteiger partial charge < -0.3 is 4.74 Å². The Balaban J connectivity index is 1.96. The molecule has 0 aromatic carbocycles. The quantitative estimate of drug-likeness (QED) is 0.704. The molecule has 0 fully saturated rings. The molecule has 2 heterocycles. The summed E-state index contributed by atoms with van der Waals surface area (Å²) in [6, 6.07) is 0. The van der Waals surface area contributed by atoms with E-state index < -0.39 is 0 Å². The Morgan fingerprint density at radius 2 is 2.40 bits per heavy atom. The van der Waals surface area contributed by atoms with Crippen molar-refractivity contribution in [3.05, 3.63) is 11.6 Å². The zero-order chi connectivity index (χ0) is 10.7. The van der Waals surface area contributed by atoms with Gasteiger partial charge in [-0.25, -0.2) is 9.67 Å². The van der Waals surface area contributed by atoms with Crippen molar-refractivity contribution in [2.75, 3.05) is 13.7 Å². The highest BCUT2D eigenvalue weighted by Gasteiger charge is 2.18. The first-order valence-electron chi connectivity index (χ1n) is 5.71. The lowest BCUT2D eigenvalue weighted by atomic mass is 10.0. The normalized spacial score (nSPS) is 20.3. The fraction of sp³-hybridized carbons (Fsp3) is 0.818. The largest absolute Gasteiger partial charge is 0.385 e. The van der Waals surface area contributed by atoms with Crippen molar-refractivity contribution in [2.45, 2.75) is 39.2 Å². The Kier molecular flexibility index (Phi) is 3.36. The van der Waals surface area contributed by atoms with Crippen molar-refractivity contribution in [1.82, 2.24) is 14.8 Å². The maximum atomic E-state index is 5.02. The van der Waals surface area contributed by atoms with Crippen LogP contribution in [0, 0.1) is 5.92 Å². The van der Waals surface area contributed by atoms with Crippen molar-refractivity contribution in [3.63, 3.8) is 0 Å². The molecule has 1 aromatic heterocycles. The first kappa shape index (κ1) is 10.6. The van der Waals surface area contributed by atoms with Gasteiger partial charge in [0.25, 0.3) is 0 Å². The second-order valence-electron chi connectivity index (χ2n) is 4.36. The van der Waals surface area contributed by atoms with E-state index in [9.17, 15) is 0 Å². The average Bonchev–Trinajstić information content (AvgIpc) is 2.60. The van der Waals surface area contributed by atoms with Gasteiger partial charge in [0.15, 0.2) is 5.82 Å². The minimum absolute atomic E-state index is 0.758. The monoisotopic (exact) mass is 209 g/mol. The summed E-state index contributed by atoms with van der Waals surface area (Å²) in [5.74, 6) is 2.91. The lowest BCUT2D eigenvalue weighted by molar-refractivity contribution is 0.194. The first-order chi connectivity index (χ1) is 7.29. The molecule has 1 aliphatic rings. The Labute approximate surface area is 90.7 Å². The molecule has 84 valence electrons. The summed E-state index contributed by atoms with van der Waals surface area (Å²) in [5.41, 5.74) is 0. The SMILES string of the molecule is COCCCc1nc2n(n1)CCC(C)C2. The number of hydrogen-bond acceptors (Lipinski definition) is 3. The number of hydrogen-bond donors (Lipinski definition) is 0. The Morgan fingerprint density at radius 1 is 1.53 bits per heavy atom. The molecule has 1 unspecified atom stereocenters. The molecule has 15 heavy (non-hydrogen) atoms. The van der Waals surface area contributed by atoms with Gasteiger partial charge in [0, 0.05) is 33.1 Å². The third-order valence-electron chi connectivity index (χ3n) is 2.91. The second kappa shape index (κ2) is 4.75. The zero-order valence-electron chi connectivity index (χ0n) is 9.57. The maximum absolute atomic E-state index is 5.02. The van der Waals surface area contributed by atoms with E-state index in [1.54, 1.807) is 7.11 Å². The molecule has 0 amide bonds. The molecule has 0 spiro atoms. The third kappa shape index (κ3) is 2.56. The molecular weight excluding hydrogens is 190 g/mol. The molecule has 2 rings (SSSR count). The van der Waals surface area contributed by atoms with E-state index in [0.717, 1.165) is 44.2 Å². The minimum atomic E-state index is 0.758. The zero-order valence-corrected chi connectivity index (χ0v) is 9.57. The van der Waals surface area contributed by atoms with Gasteiger partial charge >= 0.3 is 0 Å². The van der Waals surface area contributed by atoms with Crippen molar-refractivity contribution >= 4 is 0 Å². The van der Waals surface area contributed by atoms with E-state index in [0.29, 0.717) is 0 Å². The van der Waals surface area contributed by atoms with E-state index in [2.05, 4.69) is 21.7 Å². The van der Waals surface area contributed by atoms with E-state index in [1.165, 1.54) is 12.2 Å². The topological polar surface area (TPSA) is 39.9 Å². The molecule has 4 heteroatoms. The molecule has 0 aliphatic carbocycles. The van der Waals surface area contributed by atoms with Gasteiger partial charge in [-0.05, 0) is 18.8 Å². The van der Waals surface area contributed by atoms with Crippen LogP contribution in [-0.2, 0) is 24.1 Å². The Morgan fingerprint density at radius 3 is 3.20 bits per heavy atom.